The molecular weight excluding hydrogens is 388 g/mol. The summed E-state index contributed by atoms with van der Waals surface area (Å²) in [6.45, 7) is 20.9. The number of nitrogens with zero attached hydrogens (tertiary/aromatic N) is 2. The van der Waals surface area contributed by atoms with Gasteiger partial charge in [-0.25, -0.2) is 9.59 Å². The first kappa shape index (κ1) is 27.2. The molecule has 0 aromatic carbocycles. The van der Waals surface area contributed by atoms with Gasteiger partial charge in [0.2, 0.25) is 0 Å². The zero-order valence-electron chi connectivity index (χ0n) is 18.9. The Hall–Kier alpha value is -1.80. The van der Waals surface area contributed by atoms with E-state index >= 15 is 0 Å². The molecule has 0 atom stereocenters. The third-order valence-corrected chi connectivity index (χ3v) is 5.08. The second kappa shape index (κ2) is 12.7. The van der Waals surface area contributed by atoms with Gasteiger partial charge in [0.25, 0.3) is 0 Å². The number of aliphatic hydroxyl groups excluding tert-OH is 1. The van der Waals surface area contributed by atoms with Crippen LogP contribution >= 0.6 is 11.4 Å². The Kier molecular flexibility index (Phi) is 11.9. The quantitative estimate of drug-likeness (QED) is 0.186. The van der Waals surface area contributed by atoms with Crippen LogP contribution in [0.15, 0.2) is 25.3 Å². The molecule has 0 spiro atoms. The molecule has 0 aliphatic carbocycles. The van der Waals surface area contributed by atoms with Crippen molar-refractivity contribution < 1.29 is 14.7 Å². The lowest BCUT2D eigenvalue weighted by Crippen LogP contribution is -2.50. The summed E-state index contributed by atoms with van der Waals surface area (Å²) in [6, 6.07) is -0.331. The van der Waals surface area contributed by atoms with Crippen molar-refractivity contribution in [2.45, 2.75) is 59.0 Å². The minimum Gasteiger partial charge on any atom is -0.359 e. The molecule has 0 heterocycles. The Morgan fingerprint density at radius 3 is 1.69 bits per heavy atom. The van der Waals surface area contributed by atoms with E-state index in [9.17, 15) is 14.7 Å². The number of amides is 4. The van der Waals surface area contributed by atoms with Crippen LogP contribution in [0, 0.1) is 0 Å². The van der Waals surface area contributed by atoms with Gasteiger partial charge in [-0.1, -0.05) is 12.2 Å². The van der Waals surface area contributed by atoms with Crippen molar-refractivity contribution in [3.63, 3.8) is 0 Å². The van der Waals surface area contributed by atoms with Gasteiger partial charge >= 0.3 is 12.1 Å². The van der Waals surface area contributed by atoms with Gasteiger partial charge in [-0.15, -0.1) is 13.2 Å². The van der Waals surface area contributed by atoms with E-state index in [1.165, 1.54) is 0 Å². The molecule has 0 aliphatic rings. The second-order valence-corrected chi connectivity index (χ2v) is 9.93. The van der Waals surface area contributed by atoms with Gasteiger partial charge < -0.3 is 25.5 Å². The van der Waals surface area contributed by atoms with E-state index in [0.29, 0.717) is 38.4 Å². The minimum atomic E-state index is -0.312. The lowest BCUT2D eigenvalue weighted by atomic mass is 10.1. The summed E-state index contributed by atoms with van der Waals surface area (Å²) >= 11 is 0.738. The maximum atomic E-state index is 12.3. The average Bonchev–Trinajstić information content (AvgIpc) is 2.58. The van der Waals surface area contributed by atoms with Gasteiger partial charge in [-0.2, -0.15) is 11.4 Å². The smallest absolute Gasteiger partial charge is 0.318 e. The van der Waals surface area contributed by atoms with Gasteiger partial charge in [-0.3, -0.25) is 0 Å². The lowest BCUT2D eigenvalue weighted by Gasteiger charge is -2.34. The summed E-state index contributed by atoms with van der Waals surface area (Å²) in [5.41, 5.74) is -0.609. The number of carbonyl (C=O) groups excluding carboxylic acids is 2. The summed E-state index contributed by atoms with van der Waals surface area (Å²) in [5, 5.41) is 16.0. The Morgan fingerprint density at radius 1 is 0.897 bits per heavy atom. The summed E-state index contributed by atoms with van der Waals surface area (Å²) < 4.78 is 0. The molecule has 0 saturated heterocycles. The van der Waals surface area contributed by atoms with Crippen molar-refractivity contribution in [3.05, 3.63) is 25.3 Å². The SMILES string of the molecule is C=CCN(C(=O)NCC[SH]=C(O)CCNC(=O)N(CC=C)C(C)(C)C)C(C)(C)C. The number of aliphatic hydroxyl groups is 1. The van der Waals surface area contributed by atoms with Gasteiger partial charge in [0.1, 0.15) is 0 Å². The van der Waals surface area contributed by atoms with Crippen LogP contribution in [0.1, 0.15) is 48.0 Å². The number of hydrogen-bond acceptors (Lipinski definition) is 2. The lowest BCUT2D eigenvalue weighted by molar-refractivity contribution is 0.154. The Labute approximate surface area is 180 Å². The van der Waals surface area contributed by atoms with E-state index in [-0.39, 0.29) is 28.2 Å². The Morgan fingerprint density at radius 2 is 1.31 bits per heavy atom. The zero-order valence-corrected chi connectivity index (χ0v) is 19.8. The van der Waals surface area contributed by atoms with Crippen LogP contribution < -0.4 is 10.6 Å². The first-order valence-electron chi connectivity index (χ1n) is 9.89. The van der Waals surface area contributed by atoms with E-state index in [2.05, 4.69) is 23.8 Å². The molecular formula is C21H40N4O3S. The fourth-order valence-electron chi connectivity index (χ4n) is 2.48. The van der Waals surface area contributed by atoms with Crippen LogP contribution in [0.2, 0.25) is 0 Å². The summed E-state index contributed by atoms with van der Waals surface area (Å²) in [7, 11) is 0. The fourth-order valence-corrected chi connectivity index (χ4v) is 3.23. The van der Waals surface area contributed by atoms with E-state index in [1.54, 1.807) is 22.0 Å². The van der Waals surface area contributed by atoms with Crippen molar-refractivity contribution in [1.82, 2.24) is 20.4 Å². The van der Waals surface area contributed by atoms with Crippen LogP contribution in [0.25, 0.3) is 0 Å². The van der Waals surface area contributed by atoms with Crippen LogP contribution in [-0.2, 0) is 0 Å². The van der Waals surface area contributed by atoms with Gasteiger partial charge in [0.15, 0.2) is 0 Å². The molecule has 168 valence electrons. The number of thiol groups is 1. The number of rotatable bonds is 10. The van der Waals surface area contributed by atoms with E-state index in [4.69, 9.17) is 0 Å². The molecule has 0 aromatic heterocycles. The molecule has 8 heteroatoms. The number of urea groups is 2. The molecule has 0 aliphatic heterocycles. The third kappa shape index (κ3) is 11.1. The highest BCUT2D eigenvalue weighted by molar-refractivity contribution is 7.98. The highest BCUT2D eigenvalue weighted by Gasteiger charge is 2.25. The Bertz CT molecular complexity index is 592. The number of hydrogen-bond donors (Lipinski definition) is 4. The first-order valence-corrected chi connectivity index (χ1v) is 11.0. The Balaban J connectivity index is 4.38. The maximum Gasteiger partial charge on any atom is 0.318 e. The monoisotopic (exact) mass is 428 g/mol. The highest BCUT2D eigenvalue weighted by Crippen LogP contribution is 2.14. The molecule has 0 rings (SSSR count). The first-order chi connectivity index (χ1) is 13.3. The van der Waals surface area contributed by atoms with E-state index in [1.807, 2.05) is 41.5 Å². The number of nitrogens with one attached hydrogen (secondary N) is 2. The van der Waals surface area contributed by atoms with Crippen LogP contribution in [0.5, 0.6) is 0 Å². The van der Waals surface area contributed by atoms with Crippen molar-refractivity contribution in [2.24, 2.45) is 0 Å². The molecule has 29 heavy (non-hydrogen) atoms. The minimum absolute atomic E-state index is 0.149. The number of carbonyl (C=O) groups is 2. The van der Waals surface area contributed by atoms with Crippen molar-refractivity contribution >= 4 is 28.5 Å². The second-order valence-electron chi connectivity index (χ2n) is 8.65. The van der Waals surface area contributed by atoms with E-state index < -0.39 is 0 Å². The molecule has 0 unspecified atom stereocenters. The van der Waals surface area contributed by atoms with Gasteiger partial charge in [0.05, 0.1) is 5.05 Å². The topological polar surface area (TPSA) is 84.9 Å². The van der Waals surface area contributed by atoms with Crippen molar-refractivity contribution in [1.29, 1.82) is 0 Å². The van der Waals surface area contributed by atoms with Crippen molar-refractivity contribution in [2.75, 3.05) is 31.9 Å². The molecule has 0 aromatic rings. The third-order valence-electron chi connectivity index (χ3n) is 4.04. The standard InChI is InChI=1S/C21H40N4O3S/c1-9-14-24(20(3,4)5)18(27)22-12-11-17(26)29-16-13-23-19(28)25(15-10-2)21(6,7)8/h9-10,26,29H,1-2,11-16H2,3-8H3,(H,22,27)(H,23,28). The highest BCUT2D eigenvalue weighted by atomic mass is 32.1. The largest absolute Gasteiger partial charge is 0.359 e. The van der Waals surface area contributed by atoms with Crippen LogP contribution in [0.4, 0.5) is 9.59 Å². The molecule has 0 bridgehead atoms. The van der Waals surface area contributed by atoms with Crippen LogP contribution in [-0.4, -0.2) is 75.0 Å². The molecule has 0 saturated carbocycles. The molecule has 0 fully saturated rings. The van der Waals surface area contributed by atoms with Crippen molar-refractivity contribution in [3.8, 4) is 0 Å². The zero-order chi connectivity index (χ0) is 22.7. The van der Waals surface area contributed by atoms with E-state index in [0.717, 1.165) is 11.4 Å². The summed E-state index contributed by atoms with van der Waals surface area (Å²) in [6.07, 6.45) is 3.77. The molecule has 4 amide bonds. The summed E-state index contributed by atoms with van der Waals surface area (Å²) in [5.74, 6) is 0.599. The van der Waals surface area contributed by atoms with Crippen LogP contribution in [0.3, 0.4) is 0 Å². The average molecular weight is 429 g/mol. The predicted molar refractivity (Wildman–Crippen MR) is 126 cm³/mol. The summed E-state index contributed by atoms with van der Waals surface area (Å²) in [4.78, 5) is 28.0. The molecule has 0 radical (unpaired) electrons. The van der Waals surface area contributed by atoms with Gasteiger partial charge in [-0.05, 0) is 41.5 Å². The normalized spacial score (nSPS) is 12.4. The fraction of sp³-hybridized carbons (Fsp3) is 0.667. The predicted octanol–water partition coefficient (Wildman–Crippen LogP) is 3.52. The van der Waals surface area contributed by atoms with Gasteiger partial charge in [0, 0.05) is 49.4 Å². The maximum absolute atomic E-state index is 12.3. The molecule has 7 nitrogen and oxygen atoms in total. The molecule has 3 N–H and O–H groups in total.